The molecule has 0 bridgehead atoms. The smallest absolute Gasteiger partial charge is 0.297 e. The molecule has 3 aromatic heterocycles. The van der Waals surface area contributed by atoms with E-state index in [4.69, 9.17) is 0 Å². The molecule has 4 rings (SSSR count). The molecule has 0 saturated carbocycles. The molecule has 0 radical (unpaired) electrons. The van der Waals surface area contributed by atoms with Crippen LogP contribution >= 0.6 is 0 Å². The fourth-order valence-electron chi connectivity index (χ4n) is 3.69. The van der Waals surface area contributed by atoms with E-state index in [1.807, 2.05) is 4.90 Å². The van der Waals surface area contributed by atoms with Crippen molar-refractivity contribution < 1.29 is 4.79 Å². The predicted molar refractivity (Wildman–Crippen MR) is 101 cm³/mol. The molecule has 27 heavy (non-hydrogen) atoms. The minimum absolute atomic E-state index is 0.0167. The fraction of sp³-hybridized carbons (Fsp3) is 0.500. The van der Waals surface area contributed by atoms with Crippen LogP contribution in [0, 0.1) is 6.92 Å². The van der Waals surface area contributed by atoms with Gasteiger partial charge in [-0.25, -0.2) is 4.98 Å². The van der Waals surface area contributed by atoms with Gasteiger partial charge in [-0.2, -0.15) is 0 Å². The molecular formula is C18H23N7O2. The monoisotopic (exact) mass is 369 g/mol. The second kappa shape index (κ2) is 7.07. The minimum Gasteiger partial charge on any atom is -0.339 e. The van der Waals surface area contributed by atoms with Crippen molar-refractivity contribution >= 4 is 22.7 Å². The van der Waals surface area contributed by atoms with Crippen LogP contribution in [0.2, 0.25) is 0 Å². The predicted octanol–water partition coefficient (Wildman–Crippen LogP) is 0.302. The molecule has 1 saturated heterocycles. The highest BCUT2D eigenvalue weighted by Crippen LogP contribution is 2.13. The summed E-state index contributed by atoms with van der Waals surface area (Å²) in [7, 11) is 0. The summed E-state index contributed by atoms with van der Waals surface area (Å²) in [5.74, 6) is 0.537. The maximum Gasteiger partial charge on any atom is 0.297 e. The zero-order valence-corrected chi connectivity index (χ0v) is 15.6. The van der Waals surface area contributed by atoms with Gasteiger partial charge >= 0.3 is 0 Å². The SMILES string of the molecule is CCCN1CCN(C(=O)Cn2c(=O)c3nnc(C)n3c3ncccc32)CC1. The van der Waals surface area contributed by atoms with Crippen LogP contribution < -0.4 is 5.56 Å². The minimum atomic E-state index is -0.325. The third-order valence-corrected chi connectivity index (χ3v) is 5.09. The van der Waals surface area contributed by atoms with Gasteiger partial charge in [0.25, 0.3) is 5.56 Å². The molecular weight excluding hydrogens is 346 g/mol. The number of pyridine rings is 1. The molecule has 0 atom stereocenters. The quantitative estimate of drug-likeness (QED) is 0.657. The Kier molecular flexibility index (Phi) is 4.61. The van der Waals surface area contributed by atoms with Crippen LogP contribution in [-0.2, 0) is 11.3 Å². The van der Waals surface area contributed by atoms with Gasteiger partial charge in [-0.1, -0.05) is 6.92 Å². The van der Waals surface area contributed by atoms with E-state index in [1.54, 1.807) is 29.7 Å². The van der Waals surface area contributed by atoms with E-state index in [1.165, 1.54) is 4.57 Å². The van der Waals surface area contributed by atoms with Gasteiger partial charge in [0.15, 0.2) is 5.65 Å². The third kappa shape index (κ3) is 3.08. The van der Waals surface area contributed by atoms with E-state index in [2.05, 4.69) is 27.0 Å². The molecule has 1 amide bonds. The number of hydrogen-bond donors (Lipinski definition) is 0. The van der Waals surface area contributed by atoms with Gasteiger partial charge in [0.05, 0.1) is 5.52 Å². The molecule has 9 nitrogen and oxygen atoms in total. The van der Waals surface area contributed by atoms with Crippen LogP contribution in [-0.4, -0.2) is 72.6 Å². The molecule has 1 aliphatic rings. The number of aryl methyl sites for hydroxylation is 1. The van der Waals surface area contributed by atoms with Gasteiger partial charge in [0, 0.05) is 32.4 Å². The Morgan fingerprint density at radius 1 is 1.15 bits per heavy atom. The number of fused-ring (bicyclic) bond motifs is 3. The average molecular weight is 369 g/mol. The van der Waals surface area contributed by atoms with Crippen molar-refractivity contribution in [3.8, 4) is 0 Å². The molecule has 1 fully saturated rings. The number of aromatic nitrogens is 5. The summed E-state index contributed by atoms with van der Waals surface area (Å²) >= 11 is 0. The Labute approximate surface area is 156 Å². The summed E-state index contributed by atoms with van der Waals surface area (Å²) in [6.07, 6.45) is 2.77. The van der Waals surface area contributed by atoms with Crippen LogP contribution in [0.25, 0.3) is 16.8 Å². The van der Waals surface area contributed by atoms with Gasteiger partial charge in [-0.3, -0.25) is 23.5 Å². The number of carbonyl (C=O) groups is 1. The number of hydrogen-bond acceptors (Lipinski definition) is 6. The Hall–Kier alpha value is -2.81. The van der Waals surface area contributed by atoms with E-state index < -0.39 is 0 Å². The number of amides is 1. The van der Waals surface area contributed by atoms with Gasteiger partial charge in [-0.05, 0) is 32.0 Å². The lowest BCUT2D eigenvalue weighted by atomic mass is 10.3. The van der Waals surface area contributed by atoms with Crippen molar-refractivity contribution in [2.75, 3.05) is 32.7 Å². The Bertz CT molecular complexity index is 1050. The molecule has 0 N–H and O–H groups in total. The van der Waals surface area contributed by atoms with E-state index >= 15 is 0 Å². The normalized spacial score (nSPS) is 15.7. The number of carbonyl (C=O) groups excluding carboxylic acids is 1. The average Bonchev–Trinajstić information content (AvgIpc) is 3.08. The molecule has 0 spiro atoms. The molecule has 142 valence electrons. The standard InChI is InChI=1S/C18H23N7O2/c1-3-7-22-8-10-23(11-9-22)15(26)12-24-14-5-4-6-19-16(14)25-13(2)20-21-17(25)18(24)27/h4-6H,3,7-12H2,1-2H3. The summed E-state index contributed by atoms with van der Waals surface area (Å²) in [6.45, 7) is 8.10. The molecule has 9 heteroatoms. The summed E-state index contributed by atoms with van der Waals surface area (Å²) in [6, 6.07) is 3.56. The molecule has 1 aliphatic heterocycles. The van der Waals surface area contributed by atoms with Crippen molar-refractivity contribution in [3.63, 3.8) is 0 Å². The second-order valence-corrected chi connectivity index (χ2v) is 6.87. The van der Waals surface area contributed by atoms with E-state index in [0.717, 1.165) is 26.1 Å². The van der Waals surface area contributed by atoms with E-state index in [9.17, 15) is 9.59 Å². The third-order valence-electron chi connectivity index (χ3n) is 5.09. The van der Waals surface area contributed by atoms with E-state index in [-0.39, 0.29) is 23.7 Å². The number of nitrogens with zero attached hydrogens (tertiary/aromatic N) is 7. The summed E-state index contributed by atoms with van der Waals surface area (Å²) < 4.78 is 3.11. The maximum absolute atomic E-state index is 12.9. The van der Waals surface area contributed by atoms with Gasteiger partial charge in [0.2, 0.25) is 11.6 Å². The Morgan fingerprint density at radius 3 is 2.67 bits per heavy atom. The lowest BCUT2D eigenvalue weighted by Crippen LogP contribution is -2.50. The first-order valence-electron chi connectivity index (χ1n) is 9.29. The van der Waals surface area contributed by atoms with Gasteiger partial charge in [0.1, 0.15) is 12.4 Å². The molecule has 3 aromatic rings. The van der Waals surface area contributed by atoms with Gasteiger partial charge in [-0.15, -0.1) is 10.2 Å². The Morgan fingerprint density at radius 2 is 1.93 bits per heavy atom. The van der Waals surface area contributed by atoms with Crippen LogP contribution in [0.4, 0.5) is 0 Å². The first-order valence-corrected chi connectivity index (χ1v) is 9.29. The first-order chi connectivity index (χ1) is 13.1. The lowest BCUT2D eigenvalue weighted by Gasteiger charge is -2.34. The summed E-state index contributed by atoms with van der Waals surface area (Å²) in [4.78, 5) is 34.4. The largest absolute Gasteiger partial charge is 0.339 e. The summed E-state index contributed by atoms with van der Waals surface area (Å²) in [5.41, 5.74) is 1.05. The number of rotatable bonds is 4. The van der Waals surface area contributed by atoms with Gasteiger partial charge < -0.3 is 4.90 Å². The summed E-state index contributed by atoms with van der Waals surface area (Å²) in [5, 5.41) is 7.99. The van der Waals surface area contributed by atoms with Crippen LogP contribution in [0.5, 0.6) is 0 Å². The fourth-order valence-corrected chi connectivity index (χ4v) is 3.69. The highest BCUT2D eigenvalue weighted by atomic mass is 16.2. The van der Waals surface area contributed by atoms with Crippen LogP contribution in [0.3, 0.4) is 0 Å². The zero-order chi connectivity index (χ0) is 19.0. The van der Waals surface area contributed by atoms with Crippen molar-refractivity contribution in [3.05, 3.63) is 34.5 Å². The van der Waals surface area contributed by atoms with Crippen molar-refractivity contribution in [2.45, 2.75) is 26.8 Å². The van der Waals surface area contributed by atoms with Crippen molar-refractivity contribution in [1.29, 1.82) is 0 Å². The lowest BCUT2D eigenvalue weighted by molar-refractivity contribution is -0.133. The topological polar surface area (TPSA) is 88.6 Å². The Balaban J connectivity index is 1.67. The molecule has 0 aromatic carbocycles. The molecule has 0 unspecified atom stereocenters. The second-order valence-electron chi connectivity index (χ2n) is 6.87. The van der Waals surface area contributed by atoms with Crippen LogP contribution in [0.15, 0.2) is 23.1 Å². The highest BCUT2D eigenvalue weighted by Gasteiger charge is 2.23. The molecule has 0 aliphatic carbocycles. The maximum atomic E-state index is 12.9. The molecule has 4 heterocycles. The van der Waals surface area contributed by atoms with E-state index in [0.29, 0.717) is 30.1 Å². The highest BCUT2D eigenvalue weighted by molar-refractivity contribution is 5.80. The number of piperazine rings is 1. The first kappa shape index (κ1) is 17.6. The zero-order valence-electron chi connectivity index (χ0n) is 15.6. The van der Waals surface area contributed by atoms with Crippen molar-refractivity contribution in [2.24, 2.45) is 0 Å². The van der Waals surface area contributed by atoms with Crippen LogP contribution in [0.1, 0.15) is 19.2 Å². The van der Waals surface area contributed by atoms with Crippen molar-refractivity contribution in [1.82, 2.24) is 33.9 Å².